The van der Waals surface area contributed by atoms with Gasteiger partial charge in [0.25, 0.3) is 5.91 Å². The van der Waals surface area contributed by atoms with Gasteiger partial charge in [-0.05, 0) is 36.6 Å². The molecule has 4 nitrogen and oxygen atoms in total. The fourth-order valence-electron chi connectivity index (χ4n) is 2.17. The summed E-state index contributed by atoms with van der Waals surface area (Å²) in [7, 11) is 1.84. The molecule has 1 atom stereocenters. The number of carbonyl (C=O) groups excluding carboxylic acids is 1. The largest absolute Gasteiger partial charge is 0.345 e. The van der Waals surface area contributed by atoms with Crippen LogP contribution in [0.4, 0.5) is 0 Å². The number of H-pyrrole nitrogens is 1. The van der Waals surface area contributed by atoms with Gasteiger partial charge in [-0.1, -0.05) is 6.07 Å². The molecule has 2 aromatic heterocycles. The summed E-state index contributed by atoms with van der Waals surface area (Å²) in [6.45, 7) is 2.04. The molecule has 0 aliphatic rings. The minimum Gasteiger partial charge on any atom is -0.345 e. The summed E-state index contributed by atoms with van der Waals surface area (Å²) < 4.78 is 0. The van der Waals surface area contributed by atoms with Crippen molar-refractivity contribution in [1.29, 1.82) is 0 Å². The number of carbonyl (C=O) groups is 1. The van der Waals surface area contributed by atoms with Gasteiger partial charge < -0.3 is 9.88 Å². The van der Waals surface area contributed by atoms with Crippen LogP contribution in [0.15, 0.2) is 42.0 Å². The summed E-state index contributed by atoms with van der Waals surface area (Å²) in [5.74, 6) is 0.0161. The normalized spacial score (nSPS) is 12.5. The van der Waals surface area contributed by atoms with Gasteiger partial charge in [0, 0.05) is 17.5 Å². The monoisotopic (exact) mass is 285 g/mol. The van der Waals surface area contributed by atoms with Crippen molar-refractivity contribution in [2.24, 2.45) is 0 Å². The number of hydrogen-bond donors (Lipinski definition) is 1. The molecule has 1 N–H and O–H groups in total. The Kier molecular flexibility index (Phi) is 3.28. The van der Waals surface area contributed by atoms with Crippen molar-refractivity contribution in [3.05, 3.63) is 52.5 Å². The van der Waals surface area contributed by atoms with Crippen molar-refractivity contribution in [1.82, 2.24) is 14.9 Å². The van der Waals surface area contributed by atoms with E-state index in [1.165, 1.54) is 4.88 Å². The van der Waals surface area contributed by atoms with Gasteiger partial charge in [-0.15, -0.1) is 11.3 Å². The predicted molar refractivity (Wildman–Crippen MR) is 80.9 cm³/mol. The Labute approximate surface area is 121 Å². The number of nitrogens with one attached hydrogen (secondary N) is 1. The summed E-state index contributed by atoms with van der Waals surface area (Å²) >= 11 is 1.67. The van der Waals surface area contributed by atoms with Crippen LogP contribution in [0.2, 0.25) is 0 Å². The third-order valence-electron chi connectivity index (χ3n) is 3.52. The zero-order valence-corrected chi connectivity index (χ0v) is 12.1. The molecule has 0 spiro atoms. The van der Waals surface area contributed by atoms with Gasteiger partial charge in [-0.3, -0.25) is 4.79 Å². The first kappa shape index (κ1) is 12.9. The molecule has 1 aromatic carbocycles. The molecular weight excluding hydrogens is 270 g/mol. The first-order valence-corrected chi connectivity index (χ1v) is 7.28. The summed E-state index contributed by atoms with van der Waals surface area (Å²) in [5, 5.41) is 2.03. The second-order valence-corrected chi connectivity index (χ2v) is 5.72. The maximum absolute atomic E-state index is 12.5. The van der Waals surface area contributed by atoms with Crippen molar-refractivity contribution in [3.8, 4) is 0 Å². The molecule has 3 rings (SSSR count). The number of thiophene rings is 1. The van der Waals surface area contributed by atoms with Gasteiger partial charge in [0.05, 0.1) is 23.4 Å². The van der Waals surface area contributed by atoms with Crippen LogP contribution in [0, 0.1) is 0 Å². The Morgan fingerprint density at radius 2 is 2.25 bits per heavy atom. The lowest BCUT2D eigenvalue weighted by molar-refractivity contribution is 0.0745. The minimum absolute atomic E-state index is 0.0161. The van der Waals surface area contributed by atoms with Crippen molar-refractivity contribution in [2.75, 3.05) is 7.05 Å². The van der Waals surface area contributed by atoms with E-state index in [9.17, 15) is 4.79 Å². The summed E-state index contributed by atoms with van der Waals surface area (Å²) in [6.07, 6.45) is 1.64. The maximum atomic E-state index is 12.5. The molecule has 5 heteroatoms. The highest BCUT2D eigenvalue weighted by Gasteiger charge is 2.19. The number of aromatic amines is 1. The Hall–Kier alpha value is -2.14. The third kappa shape index (κ3) is 2.20. The number of amides is 1. The first-order valence-electron chi connectivity index (χ1n) is 6.40. The standard InChI is InChI=1S/C15H15N3OS/c1-10(14-4-3-7-20-14)18(2)15(19)11-5-6-12-13(8-11)17-9-16-12/h3-10H,1-2H3,(H,16,17). The van der Waals surface area contributed by atoms with E-state index in [0.717, 1.165) is 11.0 Å². The molecule has 0 saturated heterocycles. The van der Waals surface area contributed by atoms with Gasteiger partial charge in [0.15, 0.2) is 0 Å². The average molecular weight is 285 g/mol. The molecule has 20 heavy (non-hydrogen) atoms. The van der Waals surface area contributed by atoms with Crippen molar-refractivity contribution in [3.63, 3.8) is 0 Å². The lowest BCUT2D eigenvalue weighted by Gasteiger charge is -2.24. The fourth-order valence-corrected chi connectivity index (χ4v) is 2.99. The maximum Gasteiger partial charge on any atom is 0.254 e. The molecule has 0 fully saturated rings. The number of aromatic nitrogens is 2. The van der Waals surface area contributed by atoms with Crippen molar-refractivity contribution in [2.45, 2.75) is 13.0 Å². The van der Waals surface area contributed by atoms with Gasteiger partial charge in [0.1, 0.15) is 0 Å². The molecule has 0 saturated carbocycles. The molecule has 0 aliphatic heterocycles. The Balaban J connectivity index is 1.87. The number of fused-ring (bicyclic) bond motifs is 1. The molecule has 1 amide bonds. The van der Waals surface area contributed by atoms with Gasteiger partial charge in [0.2, 0.25) is 0 Å². The lowest BCUT2D eigenvalue weighted by atomic mass is 10.1. The quantitative estimate of drug-likeness (QED) is 0.801. The second-order valence-electron chi connectivity index (χ2n) is 4.74. The van der Waals surface area contributed by atoms with Crippen LogP contribution in [0.5, 0.6) is 0 Å². The number of hydrogen-bond acceptors (Lipinski definition) is 3. The van der Waals surface area contributed by atoms with Crippen LogP contribution in [-0.2, 0) is 0 Å². The molecule has 3 aromatic rings. The lowest BCUT2D eigenvalue weighted by Crippen LogP contribution is -2.29. The van der Waals surface area contributed by atoms with Crippen LogP contribution in [-0.4, -0.2) is 27.8 Å². The molecule has 102 valence electrons. The zero-order valence-electron chi connectivity index (χ0n) is 11.3. The van der Waals surface area contributed by atoms with Gasteiger partial charge in [-0.2, -0.15) is 0 Å². The molecule has 0 aliphatic carbocycles. The molecule has 0 bridgehead atoms. The van der Waals surface area contributed by atoms with Crippen LogP contribution in [0.1, 0.15) is 28.2 Å². The van der Waals surface area contributed by atoms with E-state index in [4.69, 9.17) is 0 Å². The highest BCUT2D eigenvalue weighted by atomic mass is 32.1. The Morgan fingerprint density at radius 1 is 1.40 bits per heavy atom. The van der Waals surface area contributed by atoms with Crippen LogP contribution >= 0.6 is 11.3 Å². The Bertz CT molecular complexity index is 733. The van der Waals surface area contributed by atoms with Gasteiger partial charge >= 0.3 is 0 Å². The van der Waals surface area contributed by atoms with E-state index in [1.54, 1.807) is 22.6 Å². The van der Waals surface area contributed by atoms with E-state index in [-0.39, 0.29) is 11.9 Å². The van der Waals surface area contributed by atoms with E-state index in [1.807, 2.05) is 43.6 Å². The molecular formula is C15H15N3OS. The van der Waals surface area contributed by atoms with Crippen LogP contribution < -0.4 is 0 Å². The van der Waals surface area contributed by atoms with Crippen molar-refractivity contribution >= 4 is 28.3 Å². The molecule has 0 radical (unpaired) electrons. The smallest absolute Gasteiger partial charge is 0.254 e. The van der Waals surface area contributed by atoms with E-state index >= 15 is 0 Å². The van der Waals surface area contributed by atoms with Gasteiger partial charge in [-0.25, -0.2) is 4.98 Å². The number of benzene rings is 1. The van der Waals surface area contributed by atoms with E-state index in [2.05, 4.69) is 16.0 Å². The average Bonchev–Trinajstić information content (AvgIpc) is 3.14. The first-order chi connectivity index (χ1) is 9.66. The van der Waals surface area contributed by atoms with Crippen LogP contribution in [0.25, 0.3) is 11.0 Å². The van der Waals surface area contributed by atoms with E-state index < -0.39 is 0 Å². The summed E-state index contributed by atoms with van der Waals surface area (Å²) in [6, 6.07) is 9.66. The highest BCUT2D eigenvalue weighted by Crippen LogP contribution is 2.25. The summed E-state index contributed by atoms with van der Waals surface area (Å²) in [5.41, 5.74) is 2.43. The molecule has 1 unspecified atom stereocenters. The summed E-state index contributed by atoms with van der Waals surface area (Å²) in [4.78, 5) is 22.7. The number of imidazole rings is 1. The van der Waals surface area contributed by atoms with Crippen molar-refractivity contribution < 1.29 is 4.79 Å². The Morgan fingerprint density at radius 3 is 3.00 bits per heavy atom. The molecule has 2 heterocycles. The predicted octanol–water partition coefficient (Wildman–Crippen LogP) is 3.46. The van der Waals surface area contributed by atoms with E-state index in [0.29, 0.717) is 5.56 Å². The highest BCUT2D eigenvalue weighted by molar-refractivity contribution is 7.10. The SMILES string of the molecule is CC(c1cccs1)N(C)C(=O)c1ccc2nc[nH]c2c1. The second kappa shape index (κ2) is 5.09. The third-order valence-corrected chi connectivity index (χ3v) is 4.57. The zero-order chi connectivity index (χ0) is 14.1. The fraction of sp³-hybridized carbons (Fsp3) is 0.200. The topological polar surface area (TPSA) is 49.0 Å². The minimum atomic E-state index is 0.0161. The number of nitrogens with zero attached hydrogens (tertiary/aromatic N) is 2. The van der Waals surface area contributed by atoms with Crippen LogP contribution in [0.3, 0.4) is 0 Å². The number of rotatable bonds is 3.